The number of aromatic hydroxyl groups is 1. The molecule has 7 heteroatoms. The second-order valence-corrected chi connectivity index (χ2v) is 4.20. The van der Waals surface area contributed by atoms with Crippen molar-refractivity contribution in [3.63, 3.8) is 0 Å². The minimum absolute atomic E-state index is 0.00291. The molecule has 1 aromatic rings. The molecule has 88 valence electrons. The van der Waals surface area contributed by atoms with Gasteiger partial charge in [0.15, 0.2) is 0 Å². The van der Waals surface area contributed by atoms with Crippen LogP contribution in [0.2, 0.25) is 0 Å². The second kappa shape index (κ2) is 5.59. The number of phenolic OH excluding ortho intramolecular Hbond substituents is 1. The summed E-state index contributed by atoms with van der Waals surface area (Å²) < 4.78 is 30.8. The molecular weight excluding hydrogens is 232 g/mol. The molecule has 0 saturated heterocycles. The molecule has 0 aromatic heterocycles. The van der Waals surface area contributed by atoms with E-state index in [2.05, 4.69) is 4.99 Å². The molecule has 0 heterocycles. The van der Waals surface area contributed by atoms with Crippen molar-refractivity contribution in [2.45, 2.75) is 0 Å². The number of phenols is 1. The fourth-order valence-corrected chi connectivity index (χ4v) is 1.35. The molecule has 16 heavy (non-hydrogen) atoms. The first-order valence-corrected chi connectivity index (χ1v) is 5.93. The standard InChI is InChI=1S/C9H12N2O4S/c12-9-4-2-1-3-8(9)7-10-5-6-11-16(13,14)15/h1-4,7,11-12H,5-6H2,(H,13,14,15). The van der Waals surface area contributed by atoms with E-state index in [1.807, 2.05) is 4.72 Å². The Morgan fingerprint density at radius 1 is 1.38 bits per heavy atom. The molecule has 0 aliphatic rings. The van der Waals surface area contributed by atoms with Crippen molar-refractivity contribution >= 4 is 16.5 Å². The van der Waals surface area contributed by atoms with Gasteiger partial charge in [-0.3, -0.25) is 9.55 Å². The maximum Gasteiger partial charge on any atom is 0.333 e. The van der Waals surface area contributed by atoms with Crippen LogP contribution in [-0.2, 0) is 10.3 Å². The monoisotopic (exact) mass is 244 g/mol. The van der Waals surface area contributed by atoms with Crippen LogP contribution in [0.5, 0.6) is 5.75 Å². The Morgan fingerprint density at radius 2 is 2.06 bits per heavy atom. The molecule has 1 aromatic carbocycles. The minimum atomic E-state index is -4.15. The molecule has 0 amide bonds. The normalized spacial score (nSPS) is 12.1. The zero-order valence-electron chi connectivity index (χ0n) is 8.37. The van der Waals surface area contributed by atoms with Gasteiger partial charge in [-0.15, -0.1) is 0 Å². The first-order valence-electron chi connectivity index (χ1n) is 4.49. The SMILES string of the molecule is O=S(=O)(O)NCCN=Cc1ccccc1O. The van der Waals surface area contributed by atoms with E-state index >= 15 is 0 Å². The average molecular weight is 244 g/mol. The van der Waals surface area contributed by atoms with Crippen molar-refractivity contribution < 1.29 is 18.1 Å². The summed E-state index contributed by atoms with van der Waals surface area (Å²) in [7, 11) is -4.15. The Labute approximate surface area is 93.5 Å². The molecule has 0 aliphatic carbocycles. The lowest BCUT2D eigenvalue weighted by molar-refractivity contribution is 0.468. The van der Waals surface area contributed by atoms with E-state index in [9.17, 15) is 13.5 Å². The highest BCUT2D eigenvalue weighted by Gasteiger charge is 1.99. The van der Waals surface area contributed by atoms with Gasteiger partial charge in [-0.05, 0) is 12.1 Å². The summed E-state index contributed by atoms with van der Waals surface area (Å²) in [5, 5.41) is 9.35. The maximum atomic E-state index is 10.3. The van der Waals surface area contributed by atoms with Crippen LogP contribution < -0.4 is 4.72 Å². The smallest absolute Gasteiger partial charge is 0.333 e. The lowest BCUT2D eigenvalue weighted by Gasteiger charge is -1.98. The quantitative estimate of drug-likeness (QED) is 0.391. The number of nitrogens with one attached hydrogen (secondary N) is 1. The van der Waals surface area contributed by atoms with Gasteiger partial charge in [0.2, 0.25) is 0 Å². The van der Waals surface area contributed by atoms with Crippen LogP contribution >= 0.6 is 0 Å². The van der Waals surface area contributed by atoms with Crippen molar-refractivity contribution in [3.8, 4) is 5.75 Å². The number of hydrogen-bond acceptors (Lipinski definition) is 4. The molecule has 0 aliphatic heterocycles. The van der Waals surface area contributed by atoms with Gasteiger partial charge in [0.25, 0.3) is 0 Å². The van der Waals surface area contributed by atoms with Crippen molar-refractivity contribution in [1.29, 1.82) is 0 Å². The molecule has 0 saturated carbocycles. The molecule has 6 nitrogen and oxygen atoms in total. The van der Waals surface area contributed by atoms with Crippen LogP contribution in [0.15, 0.2) is 29.3 Å². The van der Waals surface area contributed by atoms with E-state index in [0.717, 1.165) is 0 Å². The lowest BCUT2D eigenvalue weighted by Crippen LogP contribution is -2.25. The Kier molecular flexibility index (Phi) is 4.41. The Bertz CT molecular complexity index is 470. The van der Waals surface area contributed by atoms with Crippen molar-refractivity contribution in [2.75, 3.05) is 13.1 Å². The highest BCUT2D eigenvalue weighted by atomic mass is 32.2. The van der Waals surface area contributed by atoms with Gasteiger partial charge in [0.05, 0.1) is 6.54 Å². The van der Waals surface area contributed by atoms with Crippen LogP contribution in [0.25, 0.3) is 0 Å². The predicted octanol–water partition coefficient (Wildman–Crippen LogP) is 0.203. The van der Waals surface area contributed by atoms with Gasteiger partial charge in [0, 0.05) is 18.3 Å². The minimum Gasteiger partial charge on any atom is -0.507 e. The Hall–Kier alpha value is -1.44. The van der Waals surface area contributed by atoms with E-state index in [1.54, 1.807) is 18.2 Å². The van der Waals surface area contributed by atoms with Crippen LogP contribution in [0.3, 0.4) is 0 Å². The maximum absolute atomic E-state index is 10.3. The molecular formula is C9H12N2O4S. The van der Waals surface area contributed by atoms with E-state index < -0.39 is 10.3 Å². The summed E-state index contributed by atoms with van der Waals surface area (Å²) >= 11 is 0. The predicted molar refractivity (Wildman–Crippen MR) is 60.1 cm³/mol. The summed E-state index contributed by atoms with van der Waals surface area (Å²) in [6.45, 7) is 0.178. The first kappa shape index (κ1) is 12.6. The average Bonchev–Trinajstić information content (AvgIpc) is 2.18. The molecule has 1 rings (SSSR count). The van der Waals surface area contributed by atoms with Crippen LogP contribution in [0.1, 0.15) is 5.56 Å². The second-order valence-electron chi connectivity index (χ2n) is 2.96. The summed E-state index contributed by atoms with van der Waals surface area (Å²) in [6, 6.07) is 6.64. The third kappa shape index (κ3) is 4.87. The van der Waals surface area contributed by atoms with E-state index in [4.69, 9.17) is 4.55 Å². The summed E-state index contributed by atoms with van der Waals surface area (Å²) in [5.74, 6) is 0.106. The molecule has 0 fully saturated rings. The largest absolute Gasteiger partial charge is 0.507 e. The molecule has 0 radical (unpaired) electrons. The fraction of sp³-hybridized carbons (Fsp3) is 0.222. The molecule has 0 spiro atoms. The van der Waals surface area contributed by atoms with Gasteiger partial charge in [0.1, 0.15) is 5.75 Å². The zero-order chi connectivity index (χ0) is 12.0. The van der Waals surface area contributed by atoms with E-state index in [-0.39, 0.29) is 18.8 Å². The van der Waals surface area contributed by atoms with Gasteiger partial charge < -0.3 is 5.11 Å². The summed E-state index contributed by atoms with van der Waals surface area (Å²) in [6.07, 6.45) is 1.43. The molecule has 3 N–H and O–H groups in total. The summed E-state index contributed by atoms with van der Waals surface area (Å²) in [5.41, 5.74) is 0.550. The third-order valence-electron chi connectivity index (χ3n) is 1.69. The van der Waals surface area contributed by atoms with Crippen LogP contribution in [0, 0.1) is 0 Å². The Morgan fingerprint density at radius 3 is 2.69 bits per heavy atom. The summed E-state index contributed by atoms with van der Waals surface area (Å²) in [4.78, 5) is 3.88. The number of hydrogen-bond donors (Lipinski definition) is 3. The van der Waals surface area contributed by atoms with Gasteiger partial charge >= 0.3 is 10.3 Å². The van der Waals surface area contributed by atoms with Crippen molar-refractivity contribution in [3.05, 3.63) is 29.8 Å². The Balaban J connectivity index is 2.42. The van der Waals surface area contributed by atoms with Crippen molar-refractivity contribution in [2.24, 2.45) is 4.99 Å². The number of rotatable bonds is 5. The number of aliphatic imine (C=N–C) groups is 1. The highest BCUT2D eigenvalue weighted by molar-refractivity contribution is 7.83. The molecule has 0 atom stereocenters. The number of nitrogens with zero attached hydrogens (tertiary/aromatic N) is 1. The van der Waals surface area contributed by atoms with Crippen LogP contribution in [-0.4, -0.2) is 37.4 Å². The third-order valence-corrected chi connectivity index (χ3v) is 2.26. The fourth-order valence-electron chi connectivity index (χ4n) is 0.999. The topological polar surface area (TPSA) is 99.0 Å². The van der Waals surface area contributed by atoms with Crippen molar-refractivity contribution in [1.82, 2.24) is 4.72 Å². The molecule has 0 bridgehead atoms. The lowest BCUT2D eigenvalue weighted by atomic mass is 10.2. The first-order chi connectivity index (χ1) is 7.49. The van der Waals surface area contributed by atoms with Gasteiger partial charge in [-0.1, -0.05) is 12.1 Å². The van der Waals surface area contributed by atoms with Gasteiger partial charge in [-0.25, -0.2) is 0 Å². The highest BCUT2D eigenvalue weighted by Crippen LogP contribution is 2.12. The van der Waals surface area contributed by atoms with Crippen LogP contribution in [0.4, 0.5) is 0 Å². The van der Waals surface area contributed by atoms with E-state index in [0.29, 0.717) is 5.56 Å². The number of benzene rings is 1. The van der Waals surface area contributed by atoms with Gasteiger partial charge in [-0.2, -0.15) is 13.1 Å². The number of para-hydroxylation sites is 1. The molecule has 0 unspecified atom stereocenters. The zero-order valence-corrected chi connectivity index (χ0v) is 9.18. The van der Waals surface area contributed by atoms with E-state index in [1.165, 1.54) is 12.3 Å².